The summed E-state index contributed by atoms with van der Waals surface area (Å²) in [7, 11) is -2.98. The standard InChI is InChI=1S/C9H10BrClO2S2/c10-6-3-4-14-9(6)8(11)7-2-1-5-15(7,12)13/h3-4,7-8H,1-2,5H2. The van der Waals surface area contributed by atoms with E-state index in [1.807, 2.05) is 11.4 Å². The topological polar surface area (TPSA) is 34.1 Å². The van der Waals surface area contributed by atoms with Gasteiger partial charge in [0.25, 0.3) is 0 Å². The first kappa shape index (κ1) is 11.9. The second-order valence-corrected chi connectivity index (χ2v) is 8.19. The third-order valence-corrected chi connectivity index (χ3v) is 7.64. The van der Waals surface area contributed by atoms with Crippen molar-refractivity contribution in [3.8, 4) is 0 Å². The maximum atomic E-state index is 11.7. The molecule has 1 saturated heterocycles. The molecule has 0 spiro atoms. The van der Waals surface area contributed by atoms with Crippen LogP contribution in [-0.2, 0) is 9.84 Å². The molecular weight excluding hydrogens is 320 g/mol. The number of hydrogen-bond donors (Lipinski definition) is 0. The van der Waals surface area contributed by atoms with Crippen LogP contribution in [0, 0.1) is 0 Å². The van der Waals surface area contributed by atoms with E-state index >= 15 is 0 Å². The number of thiophene rings is 1. The zero-order valence-corrected chi connectivity index (χ0v) is 11.8. The number of halogens is 2. The zero-order valence-electron chi connectivity index (χ0n) is 7.82. The van der Waals surface area contributed by atoms with Crippen LogP contribution in [0.15, 0.2) is 15.9 Å². The molecule has 0 bridgehead atoms. The summed E-state index contributed by atoms with van der Waals surface area (Å²) in [6.45, 7) is 0. The van der Waals surface area contributed by atoms with E-state index in [0.717, 1.165) is 15.8 Å². The first-order chi connectivity index (χ1) is 7.02. The molecule has 2 unspecified atom stereocenters. The van der Waals surface area contributed by atoms with Gasteiger partial charge in [-0.25, -0.2) is 8.42 Å². The smallest absolute Gasteiger partial charge is 0.154 e. The fourth-order valence-corrected chi connectivity index (χ4v) is 6.46. The van der Waals surface area contributed by atoms with Crippen LogP contribution < -0.4 is 0 Å². The molecule has 0 N–H and O–H groups in total. The fraction of sp³-hybridized carbons (Fsp3) is 0.556. The molecule has 2 nitrogen and oxygen atoms in total. The molecule has 2 rings (SSSR count). The van der Waals surface area contributed by atoms with Crippen LogP contribution >= 0.6 is 38.9 Å². The molecule has 15 heavy (non-hydrogen) atoms. The van der Waals surface area contributed by atoms with E-state index in [9.17, 15) is 8.42 Å². The summed E-state index contributed by atoms with van der Waals surface area (Å²) in [6.07, 6.45) is 1.42. The number of alkyl halides is 1. The van der Waals surface area contributed by atoms with E-state index in [1.165, 1.54) is 11.3 Å². The van der Waals surface area contributed by atoms with Crippen LogP contribution in [0.1, 0.15) is 23.1 Å². The highest BCUT2D eigenvalue weighted by molar-refractivity contribution is 9.10. The molecule has 0 saturated carbocycles. The van der Waals surface area contributed by atoms with Crippen LogP contribution in [0.5, 0.6) is 0 Å². The molecule has 0 radical (unpaired) electrons. The van der Waals surface area contributed by atoms with Gasteiger partial charge in [0.2, 0.25) is 0 Å². The van der Waals surface area contributed by atoms with Gasteiger partial charge in [-0.1, -0.05) is 0 Å². The van der Waals surface area contributed by atoms with Gasteiger partial charge in [0, 0.05) is 9.35 Å². The minimum atomic E-state index is -2.98. The van der Waals surface area contributed by atoms with Crippen molar-refractivity contribution in [2.24, 2.45) is 0 Å². The second-order valence-electron chi connectivity index (χ2n) is 3.58. The molecule has 0 aromatic carbocycles. The average molecular weight is 330 g/mol. The quantitative estimate of drug-likeness (QED) is 0.780. The van der Waals surface area contributed by atoms with Crippen molar-refractivity contribution in [3.63, 3.8) is 0 Å². The first-order valence-electron chi connectivity index (χ1n) is 4.61. The lowest BCUT2D eigenvalue weighted by Crippen LogP contribution is -2.20. The summed E-state index contributed by atoms with van der Waals surface area (Å²) in [5, 5.41) is 1.09. The Balaban J connectivity index is 2.29. The molecule has 0 aliphatic carbocycles. The van der Waals surface area contributed by atoms with Crippen LogP contribution in [-0.4, -0.2) is 19.4 Å². The molecule has 84 valence electrons. The molecule has 1 aliphatic heterocycles. The van der Waals surface area contributed by atoms with Crippen molar-refractivity contribution in [2.45, 2.75) is 23.5 Å². The van der Waals surface area contributed by atoms with Gasteiger partial charge in [-0.2, -0.15) is 0 Å². The van der Waals surface area contributed by atoms with E-state index in [4.69, 9.17) is 11.6 Å². The monoisotopic (exact) mass is 328 g/mol. The molecule has 6 heteroatoms. The third kappa shape index (κ3) is 2.25. The Morgan fingerprint density at radius 1 is 1.60 bits per heavy atom. The van der Waals surface area contributed by atoms with Crippen LogP contribution in [0.2, 0.25) is 0 Å². The van der Waals surface area contributed by atoms with Gasteiger partial charge in [-0.3, -0.25) is 0 Å². The zero-order chi connectivity index (χ0) is 11.1. The van der Waals surface area contributed by atoms with Crippen molar-refractivity contribution in [2.75, 3.05) is 5.75 Å². The Kier molecular flexibility index (Phi) is 3.45. The summed E-state index contributed by atoms with van der Waals surface area (Å²) in [4.78, 5) is 0.923. The number of rotatable bonds is 2. The summed E-state index contributed by atoms with van der Waals surface area (Å²) in [5.41, 5.74) is 0. The van der Waals surface area contributed by atoms with Crippen molar-refractivity contribution in [3.05, 3.63) is 20.8 Å². The SMILES string of the molecule is O=S1(=O)CCCC1C(Cl)c1sccc1Br. The van der Waals surface area contributed by atoms with Crippen LogP contribution in [0.3, 0.4) is 0 Å². The molecule has 2 atom stereocenters. The van der Waals surface area contributed by atoms with Gasteiger partial charge in [-0.15, -0.1) is 22.9 Å². The van der Waals surface area contributed by atoms with Crippen molar-refractivity contribution >= 4 is 48.7 Å². The Labute approximate surface area is 107 Å². The van der Waals surface area contributed by atoms with Crippen LogP contribution in [0.4, 0.5) is 0 Å². The molecule has 0 amide bonds. The molecule has 1 fully saturated rings. The first-order valence-corrected chi connectivity index (χ1v) is 8.43. The third-order valence-electron chi connectivity index (χ3n) is 2.60. The number of hydrogen-bond acceptors (Lipinski definition) is 3. The van der Waals surface area contributed by atoms with Crippen molar-refractivity contribution < 1.29 is 8.42 Å². The predicted octanol–water partition coefficient (Wildman–Crippen LogP) is 3.37. The Bertz CT molecular complexity index is 454. The highest BCUT2D eigenvalue weighted by atomic mass is 79.9. The van der Waals surface area contributed by atoms with Gasteiger partial charge in [0.05, 0.1) is 16.4 Å². The van der Waals surface area contributed by atoms with E-state index in [2.05, 4.69) is 15.9 Å². The van der Waals surface area contributed by atoms with Gasteiger partial charge in [0.1, 0.15) is 0 Å². The van der Waals surface area contributed by atoms with Crippen molar-refractivity contribution in [1.82, 2.24) is 0 Å². The van der Waals surface area contributed by atoms with E-state index in [1.54, 1.807) is 0 Å². The van der Waals surface area contributed by atoms with Crippen LogP contribution in [0.25, 0.3) is 0 Å². The molecule has 1 aromatic heterocycles. The average Bonchev–Trinajstić information content (AvgIpc) is 2.70. The van der Waals surface area contributed by atoms with E-state index in [-0.39, 0.29) is 5.75 Å². The largest absolute Gasteiger partial charge is 0.228 e. The van der Waals surface area contributed by atoms with E-state index in [0.29, 0.717) is 6.42 Å². The molecule has 1 aromatic rings. The fourth-order valence-electron chi connectivity index (χ4n) is 1.82. The predicted molar refractivity (Wildman–Crippen MR) is 67.4 cm³/mol. The highest BCUT2D eigenvalue weighted by Gasteiger charge is 2.38. The Morgan fingerprint density at radius 3 is 2.80 bits per heavy atom. The molecule has 2 heterocycles. The van der Waals surface area contributed by atoms with Gasteiger partial charge in [0.15, 0.2) is 9.84 Å². The lowest BCUT2D eigenvalue weighted by molar-refractivity contribution is 0.587. The summed E-state index contributed by atoms with van der Waals surface area (Å²) >= 11 is 11.1. The summed E-state index contributed by atoms with van der Waals surface area (Å²) in [6, 6.07) is 1.90. The normalized spacial score (nSPS) is 26.7. The number of sulfone groups is 1. The maximum absolute atomic E-state index is 11.7. The highest BCUT2D eigenvalue weighted by Crippen LogP contribution is 2.41. The maximum Gasteiger partial charge on any atom is 0.154 e. The van der Waals surface area contributed by atoms with Crippen molar-refractivity contribution in [1.29, 1.82) is 0 Å². The Morgan fingerprint density at radius 2 is 2.33 bits per heavy atom. The summed E-state index contributed by atoms with van der Waals surface area (Å²) in [5.74, 6) is 0.282. The minimum absolute atomic E-state index is 0.282. The Hall–Kier alpha value is 0.420. The van der Waals surface area contributed by atoms with Gasteiger partial charge < -0.3 is 0 Å². The molecule has 1 aliphatic rings. The van der Waals surface area contributed by atoms with E-state index < -0.39 is 20.5 Å². The molecular formula is C9H10BrClO2S2. The minimum Gasteiger partial charge on any atom is -0.228 e. The lowest BCUT2D eigenvalue weighted by atomic mass is 10.2. The van der Waals surface area contributed by atoms with Gasteiger partial charge >= 0.3 is 0 Å². The second kappa shape index (κ2) is 4.35. The summed E-state index contributed by atoms with van der Waals surface area (Å²) < 4.78 is 24.3. The van der Waals surface area contributed by atoms with Gasteiger partial charge in [-0.05, 0) is 40.2 Å². The lowest BCUT2D eigenvalue weighted by Gasteiger charge is -2.15.